The molecule has 38 heavy (non-hydrogen) atoms. The third-order valence-corrected chi connectivity index (χ3v) is 7.99. The standard InChI is InChI=1S/C31H41FN4O2/c1-5-23(6-2)28(37)21-22-14-15-27(26(32)20-22)35-16-18-36(19-17-35)29(25-12-10-9-11-13-25)31-34-33-30(38-31)24(7-3)8-4/h9-15,20,23-24,29H,5-8,16-19,21H2,1-4H3. The molecule has 0 aliphatic carbocycles. The predicted molar refractivity (Wildman–Crippen MR) is 149 cm³/mol. The van der Waals surface area contributed by atoms with Gasteiger partial charge in [0, 0.05) is 44.4 Å². The van der Waals surface area contributed by atoms with E-state index in [4.69, 9.17) is 4.42 Å². The van der Waals surface area contributed by atoms with Crippen molar-refractivity contribution in [1.29, 1.82) is 0 Å². The van der Waals surface area contributed by atoms with Gasteiger partial charge in [0.05, 0.1) is 5.69 Å². The molecule has 1 saturated heterocycles. The van der Waals surface area contributed by atoms with Crippen molar-refractivity contribution in [2.75, 3.05) is 31.1 Å². The first kappa shape index (κ1) is 28.0. The first-order valence-corrected chi connectivity index (χ1v) is 14.2. The molecule has 7 heteroatoms. The van der Waals surface area contributed by atoms with Crippen LogP contribution < -0.4 is 4.90 Å². The SMILES string of the molecule is CCC(CC)C(=O)Cc1ccc(N2CCN(C(c3ccccc3)c3nnc(C(CC)CC)o3)CC2)c(F)c1. The molecule has 4 rings (SSSR count). The fourth-order valence-electron chi connectivity index (χ4n) is 5.53. The summed E-state index contributed by atoms with van der Waals surface area (Å²) in [4.78, 5) is 17.0. The predicted octanol–water partition coefficient (Wildman–Crippen LogP) is 6.57. The lowest BCUT2D eigenvalue weighted by Crippen LogP contribution is -2.48. The van der Waals surface area contributed by atoms with Gasteiger partial charge in [-0.2, -0.15) is 0 Å². The first-order valence-electron chi connectivity index (χ1n) is 14.2. The van der Waals surface area contributed by atoms with Crippen LogP contribution in [-0.4, -0.2) is 47.1 Å². The smallest absolute Gasteiger partial charge is 0.238 e. The molecule has 0 amide bonds. The Balaban J connectivity index is 1.47. The number of anilines is 1. The van der Waals surface area contributed by atoms with Gasteiger partial charge < -0.3 is 9.32 Å². The van der Waals surface area contributed by atoms with E-state index in [1.165, 1.54) is 6.07 Å². The minimum Gasteiger partial charge on any atom is -0.423 e. The summed E-state index contributed by atoms with van der Waals surface area (Å²) in [6.45, 7) is 11.2. The molecule has 1 aliphatic rings. The van der Waals surface area contributed by atoms with Gasteiger partial charge in [0.1, 0.15) is 17.6 Å². The average molecular weight is 521 g/mol. The molecule has 1 aromatic heterocycles. The lowest BCUT2D eigenvalue weighted by molar-refractivity contribution is -0.122. The lowest BCUT2D eigenvalue weighted by atomic mass is 9.93. The van der Waals surface area contributed by atoms with E-state index in [0.29, 0.717) is 37.0 Å². The van der Waals surface area contributed by atoms with Gasteiger partial charge in [0.15, 0.2) is 0 Å². The number of hydrogen-bond acceptors (Lipinski definition) is 6. The summed E-state index contributed by atoms with van der Waals surface area (Å²) in [6.07, 6.45) is 3.87. The van der Waals surface area contributed by atoms with E-state index >= 15 is 4.39 Å². The van der Waals surface area contributed by atoms with Crippen molar-refractivity contribution in [2.45, 2.75) is 71.8 Å². The van der Waals surface area contributed by atoms with Crippen LogP contribution in [0, 0.1) is 11.7 Å². The average Bonchev–Trinajstić information content (AvgIpc) is 3.41. The maximum atomic E-state index is 15.2. The van der Waals surface area contributed by atoms with E-state index in [0.717, 1.165) is 49.9 Å². The van der Waals surface area contributed by atoms with Gasteiger partial charge in [-0.1, -0.05) is 64.1 Å². The van der Waals surface area contributed by atoms with Crippen molar-refractivity contribution < 1.29 is 13.6 Å². The third-order valence-electron chi connectivity index (χ3n) is 7.99. The molecule has 0 radical (unpaired) electrons. The van der Waals surface area contributed by atoms with Gasteiger partial charge >= 0.3 is 0 Å². The van der Waals surface area contributed by atoms with Crippen LogP contribution in [0.3, 0.4) is 0 Å². The maximum Gasteiger partial charge on any atom is 0.238 e. The Bertz CT molecular complexity index is 1170. The summed E-state index contributed by atoms with van der Waals surface area (Å²) in [7, 11) is 0. The molecular formula is C31H41FN4O2. The molecule has 2 aromatic carbocycles. The molecule has 204 valence electrons. The van der Waals surface area contributed by atoms with E-state index < -0.39 is 0 Å². The highest BCUT2D eigenvalue weighted by molar-refractivity contribution is 5.83. The van der Waals surface area contributed by atoms with E-state index in [2.05, 4.69) is 46.0 Å². The van der Waals surface area contributed by atoms with Crippen LogP contribution in [0.1, 0.15) is 88.2 Å². The van der Waals surface area contributed by atoms with Crippen molar-refractivity contribution in [2.24, 2.45) is 5.92 Å². The van der Waals surface area contributed by atoms with Gasteiger partial charge in [0.2, 0.25) is 11.8 Å². The molecule has 6 nitrogen and oxygen atoms in total. The number of carbonyl (C=O) groups is 1. The topological polar surface area (TPSA) is 62.5 Å². The van der Waals surface area contributed by atoms with E-state index in [-0.39, 0.29) is 29.5 Å². The highest BCUT2D eigenvalue weighted by Crippen LogP contribution is 2.32. The van der Waals surface area contributed by atoms with Gasteiger partial charge in [0.25, 0.3) is 0 Å². The number of ketones is 1. The zero-order chi connectivity index (χ0) is 27.1. The van der Waals surface area contributed by atoms with Crippen molar-refractivity contribution >= 4 is 11.5 Å². The van der Waals surface area contributed by atoms with Gasteiger partial charge in [-0.05, 0) is 48.9 Å². The summed E-state index contributed by atoms with van der Waals surface area (Å²) in [6, 6.07) is 15.4. The van der Waals surface area contributed by atoms with Crippen molar-refractivity contribution in [3.8, 4) is 0 Å². The van der Waals surface area contributed by atoms with E-state index in [9.17, 15) is 4.79 Å². The Hall–Kier alpha value is -3.06. The van der Waals surface area contributed by atoms with Crippen molar-refractivity contribution in [3.05, 3.63) is 77.3 Å². The Morgan fingerprint density at radius 1 is 0.895 bits per heavy atom. The minimum atomic E-state index is -0.264. The number of Topliss-reactive ketones (excluding diaryl/α,β-unsaturated/α-hetero) is 1. The molecule has 1 unspecified atom stereocenters. The number of nitrogens with zero attached hydrogens (tertiary/aromatic N) is 4. The summed E-state index contributed by atoms with van der Waals surface area (Å²) in [5.74, 6) is 1.56. The second-order valence-corrected chi connectivity index (χ2v) is 10.3. The number of aromatic nitrogens is 2. The normalized spacial score (nSPS) is 15.4. The number of hydrogen-bond donors (Lipinski definition) is 0. The highest BCUT2D eigenvalue weighted by atomic mass is 19.1. The zero-order valence-corrected chi connectivity index (χ0v) is 23.2. The van der Waals surface area contributed by atoms with Crippen LogP contribution in [0.15, 0.2) is 52.9 Å². The van der Waals surface area contributed by atoms with Gasteiger partial charge in [-0.15, -0.1) is 10.2 Å². The number of benzene rings is 2. The summed E-state index contributed by atoms with van der Waals surface area (Å²) in [5, 5.41) is 8.87. The van der Waals surface area contributed by atoms with Gasteiger partial charge in [-0.25, -0.2) is 4.39 Å². The van der Waals surface area contributed by atoms with Crippen molar-refractivity contribution in [3.63, 3.8) is 0 Å². The number of halogens is 1. The zero-order valence-electron chi connectivity index (χ0n) is 23.2. The molecule has 1 fully saturated rings. The summed E-state index contributed by atoms with van der Waals surface area (Å²) in [5.41, 5.74) is 2.45. The van der Waals surface area contributed by atoms with Crippen LogP contribution in [-0.2, 0) is 11.2 Å². The second-order valence-electron chi connectivity index (χ2n) is 10.3. The van der Waals surface area contributed by atoms with Crippen LogP contribution in [0.5, 0.6) is 0 Å². The van der Waals surface area contributed by atoms with Crippen LogP contribution in [0.4, 0.5) is 10.1 Å². The van der Waals surface area contributed by atoms with E-state index in [1.54, 1.807) is 0 Å². The Kier molecular flexibility index (Phi) is 9.67. The number of piperazine rings is 1. The highest BCUT2D eigenvalue weighted by Gasteiger charge is 2.32. The monoisotopic (exact) mass is 520 g/mol. The molecule has 0 saturated carbocycles. The van der Waals surface area contributed by atoms with Crippen LogP contribution >= 0.6 is 0 Å². The molecular weight excluding hydrogens is 479 g/mol. The third kappa shape index (κ3) is 6.32. The summed E-state index contributed by atoms with van der Waals surface area (Å²) >= 11 is 0. The maximum absolute atomic E-state index is 15.2. The molecule has 1 aliphatic heterocycles. The van der Waals surface area contributed by atoms with Crippen molar-refractivity contribution in [1.82, 2.24) is 15.1 Å². The molecule has 1 atom stereocenters. The fraction of sp³-hybridized carbons (Fsp3) is 0.516. The first-order chi connectivity index (χ1) is 18.5. The van der Waals surface area contributed by atoms with E-state index in [1.807, 2.05) is 44.2 Å². The quantitative estimate of drug-likeness (QED) is 0.269. The Morgan fingerprint density at radius 3 is 2.16 bits per heavy atom. The molecule has 0 spiro atoms. The Labute approximate surface area is 226 Å². The Morgan fingerprint density at radius 2 is 1.55 bits per heavy atom. The second kappa shape index (κ2) is 13.1. The number of rotatable bonds is 12. The van der Waals surface area contributed by atoms with Crippen LogP contribution in [0.25, 0.3) is 0 Å². The molecule has 3 aromatic rings. The number of carbonyl (C=O) groups excluding carboxylic acids is 1. The lowest BCUT2D eigenvalue weighted by Gasteiger charge is -2.39. The minimum absolute atomic E-state index is 0.0492. The fourth-order valence-corrected chi connectivity index (χ4v) is 5.53. The summed E-state index contributed by atoms with van der Waals surface area (Å²) < 4.78 is 21.4. The van der Waals surface area contributed by atoms with Crippen LogP contribution in [0.2, 0.25) is 0 Å². The largest absolute Gasteiger partial charge is 0.423 e. The molecule has 0 N–H and O–H groups in total. The molecule has 2 heterocycles. The van der Waals surface area contributed by atoms with Gasteiger partial charge in [-0.3, -0.25) is 9.69 Å². The molecule has 0 bridgehead atoms.